The minimum absolute atomic E-state index is 0.204. The van der Waals surface area contributed by atoms with E-state index in [1.165, 1.54) is 18.4 Å². The Bertz CT molecular complexity index is 467. The number of rotatable bonds is 6. The predicted octanol–water partition coefficient (Wildman–Crippen LogP) is 3.41. The maximum absolute atomic E-state index is 11.6. The molecular weight excluding hydrogens is 264 g/mol. The molecule has 104 valence electrons. The van der Waals surface area contributed by atoms with Gasteiger partial charge in [0.25, 0.3) is 0 Å². The van der Waals surface area contributed by atoms with E-state index in [-0.39, 0.29) is 12.4 Å². The first-order valence-electron chi connectivity index (χ1n) is 6.65. The molecule has 0 saturated heterocycles. The molecule has 0 heterocycles. The summed E-state index contributed by atoms with van der Waals surface area (Å²) >= 11 is 6.22. The van der Waals surface area contributed by atoms with Gasteiger partial charge in [0.15, 0.2) is 0 Å². The van der Waals surface area contributed by atoms with Crippen molar-refractivity contribution in [2.24, 2.45) is 5.92 Å². The fourth-order valence-corrected chi connectivity index (χ4v) is 2.55. The molecule has 1 aromatic carbocycles. The van der Waals surface area contributed by atoms with Gasteiger partial charge in [0.05, 0.1) is 25.2 Å². The Kier molecular flexibility index (Phi) is 4.70. The molecule has 1 aliphatic carbocycles. The van der Waals surface area contributed by atoms with Crippen molar-refractivity contribution in [2.45, 2.75) is 32.6 Å². The smallest absolute Gasteiger partial charge is 0.310 e. The number of hydrogen-bond acceptors (Lipinski definition) is 3. The Hall–Kier alpha value is -1.22. The zero-order chi connectivity index (χ0) is 13.8. The van der Waals surface area contributed by atoms with E-state index in [0.29, 0.717) is 17.4 Å². The molecular formula is C15H19ClO3. The largest absolute Gasteiger partial charge is 0.495 e. The minimum Gasteiger partial charge on any atom is -0.495 e. The topological polar surface area (TPSA) is 35.5 Å². The highest BCUT2D eigenvalue weighted by Gasteiger charge is 2.23. The Morgan fingerprint density at radius 2 is 2.16 bits per heavy atom. The van der Waals surface area contributed by atoms with Crippen molar-refractivity contribution in [1.29, 1.82) is 0 Å². The Morgan fingerprint density at radius 3 is 2.74 bits per heavy atom. The number of ether oxygens (including phenoxy) is 2. The van der Waals surface area contributed by atoms with Gasteiger partial charge in [-0.25, -0.2) is 0 Å². The minimum atomic E-state index is -0.250. The van der Waals surface area contributed by atoms with E-state index in [1.807, 2.05) is 12.1 Å². The van der Waals surface area contributed by atoms with Gasteiger partial charge in [-0.3, -0.25) is 4.79 Å². The molecule has 19 heavy (non-hydrogen) atoms. The van der Waals surface area contributed by atoms with Crippen molar-refractivity contribution in [3.63, 3.8) is 0 Å². The maximum atomic E-state index is 11.6. The predicted molar refractivity (Wildman–Crippen MR) is 74.8 cm³/mol. The lowest BCUT2D eigenvalue weighted by Gasteiger charge is -2.12. The molecule has 1 aromatic rings. The Labute approximate surface area is 118 Å². The first-order valence-corrected chi connectivity index (χ1v) is 7.02. The van der Waals surface area contributed by atoms with Crippen LogP contribution in [0.25, 0.3) is 0 Å². The number of methoxy groups -OCH3 is 1. The number of esters is 1. The molecule has 0 amide bonds. The fraction of sp³-hybridized carbons (Fsp3) is 0.533. The van der Waals surface area contributed by atoms with Gasteiger partial charge in [0.2, 0.25) is 0 Å². The average Bonchev–Trinajstić information content (AvgIpc) is 3.13. The SMILES string of the molecule is CCOC(=O)Cc1cc(CC2CC2)cc(Cl)c1OC. The second kappa shape index (κ2) is 6.29. The molecule has 1 aliphatic rings. The molecule has 0 atom stereocenters. The summed E-state index contributed by atoms with van der Waals surface area (Å²) in [5.41, 5.74) is 1.98. The normalized spacial score (nSPS) is 14.3. The van der Waals surface area contributed by atoms with Crippen molar-refractivity contribution in [3.05, 3.63) is 28.3 Å². The maximum Gasteiger partial charge on any atom is 0.310 e. The van der Waals surface area contributed by atoms with Crippen LogP contribution in [0.15, 0.2) is 12.1 Å². The average molecular weight is 283 g/mol. The summed E-state index contributed by atoms with van der Waals surface area (Å²) in [6, 6.07) is 3.95. The van der Waals surface area contributed by atoms with Crippen molar-refractivity contribution < 1.29 is 14.3 Å². The summed E-state index contributed by atoms with van der Waals surface area (Å²) in [6.45, 7) is 2.18. The van der Waals surface area contributed by atoms with E-state index in [2.05, 4.69) is 0 Å². The molecule has 3 nitrogen and oxygen atoms in total. The van der Waals surface area contributed by atoms with E-state index in [1.54, 1.807) is 14.0 Å². The summed E-state index contributed by atoms with van der Waals surface area (Å²) in [7, 11) is 1.57. The summed E-state index contributed by atoms with van der Waals surface area (Å²) < 4.78 is 10.3. The van der Waals surface area contributed by atoms with Gasteiger partial charge in [-0.05, 0) is 43.7 Å². The lowest BCUT2D eigenvalue weighted by Crippen LogP contribution is -2.09. The molecule has 0 aliphatic heterocycles. The van der Waals surface area contributed by atoms with Gasteiger partial charge in [-0.15, -0.1) is 0 Å². The van der Waals surface area contributed by atoms with Crippen LogP contribution in [0.3, 0.4) is 0 Å². The summed E-state index contributed by atoms with van der Waals surface area (Å²) in [5.74, 6) is 1.11. The third-order valence-electron chi connectivity index (χ3n) is 3.25. The molecule has 0 spiro atoms. The van der Waals surface area contributed by atoms with Crippen LogP contribution in [0.5, 0.6) is 5.75 Å². The first-order chi connectivity index (χ1) is 9.13. The van der Waals surface area contributed by atoms with Gasteiger partial charge < -0.3 is 9.47 Å². The van der Waals surface area contributed by atoms with Crippen molar-refractivity contribution in [3.8, 4) is 5.75 Å². The zero-order valence-corrected chi connectivity index (χ0v) is 12.1. The molecule has 1 fully saturated rings. The van der Waals surface area contributed by atoms with Crippen LogP contribution in [0, 0.1) is 5.92 Å². The molecule has 2 rings (SSSR count). The Morgan fingerprint density at radius 1 is 1.42 bits per heavy atom. The van der Waals surface area contributed by atoms with Gasteiger partial charge in [0, 0.05) is 5.56 Å². The highest BCUT2D eigenvalue weighted by atomic mass is 35.5. The van der Waals surface area contributed by atoms with E-state index in [4.69, 9.17) is 21.1 Å². The number of hydrogen-bond donors (Lipinski definition) is 0. The third-order valence-corrected chi connectivity index (χ3v) is 3.53. The number of carbonyl (C=O) groups excluding carboxylic acids is 1. The zero-order valence-electron chi connectivity index (χ0n) is 11.4. The van der Waals surface area contributed by atoms with Crippen LogP contribution < -0.4 is 4.74 Å². The lowest BCUT2D eigenvalue weighted by molar-refractivity contribution is -0.142. The molecule has 0 aromatic heterocycles. The van der Waals surface area contributed by atoms with Crippen LogP contribution >= 0.6 is 11.6 Å². The van der Waals surface area contributed by atoms with Gasteiger partial charge >= 0.3 is 5.97 Å². The number of benzene rings is 1. The first kappa shape index (κ1) is 14.2. The summed E-state index contributed by atoms with van der Waals surface area (Å²) in [5, 5.41) is 0.569. The molecule has 0 unspecified atom stereocenters. The third kappa shape index (κ3) is 3.87. The van der Waals surface area contributed by atoms with Gasteiger partial charge in [0.1, 0.15) is 5.75 Å². The lowest BCUT2D eigenvalue weighted by atomic mass is 10.0. The second-order valence-electron chi connectivity index (χ2n) is 4.90. The van der Waals surface area contributed by atoms with Crippen LogP contribution in [0.4, 0.5) is 0 Å². The molecule has 1 saturated carbocycles. The van der Waals surface area contributed by atoms with Crippen LogP contribution in [-0.4, -0.2) is 19.7 Å². The highest BCUT2D eigenvalue weighted by Crippen LogP contribution is 2.36. The molecule has 0 radical (unpaired) electrons. The number of halogens is 1. The Balaban J connectivity index is 2.21. The molecule has 4 heteroatoms. The second-order valence-corrected chi connectivity index (χ2v) is 5.31. The molecule has 0 N–H and O–H groups in total. The summed E-state index contributed by atoms with van der Waals surface area (Å²) in [6.07, 6.45) is 3.81. The van der Waals surface area contributed by atoms with E-state index in [0.717, 1.165) is 17.9 Å². The number of carbonyl (C=O) groups is 1. The standard InChI is InChI=1S/C15H19ClO3/c1-3-19-14(17)9-12-7-11(6-10-4-5-10)8-13(16)15(12)18-2/h7-8,10H,3-6,9H2,1-2H3. The summed E-state index contributed by atoms with van der Waals surface area (Å²) in [4.78, 5) is 11.6. The van der Waals surface area contributed by atoms with E-state index in [9.17, 15) is 4.79 Å². The highest BCUT2D eigenvalue weighted by molar-refractivity contribution is 6.32. The van der Waals surface area contributed by atoms with Crippen LogP contribution in [0.1, 0.15) is 30.9 Å². The van der Waals surface area contributed by atoms with Crippen molar-refractivity contribution in [1.82, 2.24) is 0 Å². The van der Waals surface area contributed by atoms with E-state index < -0.39 is 0 Å². The van der Waals surface area contributed by atoms with Crippen molar-refractivity contribution >= 4 is 17.6 Å². The fourth-order valence-electron chi connectivity index (χ4n) is 2.21. The quantitative estimate of drug-likeness (QED) is 0.750. The van der Waals surface area contributed by atoms with Crippen LogP contribution in [0.2, 0.25) is 5.02 Å². The molecule has 0 bridgehead atoms. The van der Waals surface area contributed by atoms with Gasteiger partial charge in [-0.2, -0.15) is 0 Å². The van der Waals surface area contributed by atoms with Gasteiger partial charge in [-0.1, -0.05) is 17.7 Å². The monoisotopic (exact) mass is 282 g/mol. The van der Waals surface area contributed by atoms with E-state index >= 15 is 0 Å². The van der Waals surface area contributed by atoms with Crippen molar-refractivity contribution in [2.75, 3.05) is 13.7 Å². The van der Waals surface area contributed by atoms with Crippen LogP contribution in [-0.2, 0) is 22.4 Å².